The van der Waals surface area contributed by atoms with E-state index in [9.17, 15) is 0 Å². The Hall–Kier alpha value is -2.78. The molecule has 0 radical (unpaired) electrons. The molecule has 0 aliphatic carbocycles. The summed E-state index contributed by atoms with van der Waals surface area (Å²) in [6, 6.07) is 14.6. The Morgan fingerprint density at radius 3 is 2.71 bits per heavy atom. The van der Waals surface area contributed by atoms with Crippen LogP contribution in [0.3, 0.4) is 0 Å². The van der Waals surface area contributed by atoms with E-state index in [-0.39, 0.29) is 0 Å². The van der Waals surface area contributed by atoms with Gasteiger partial charge in [-0.2, -0.15) is 10.5 Å². The maximum atomic E-state index is 9.10. The highest BCUT2D eigenvalue weighted by Crippen LogP contribution is 2.18. The van der Waals surface area contributed by atoms with Crippen LogP contribution >= 0.6 is 0 Å². The van der Waals surface area contributed by atoms with Crippen molar-refractivity contribution in [3.8, 4) is 12.1 Å². The molecule has 80 valence electrons. The molecule has 0 atom stereocenters. The smallest absolute Gasteiger partial charge is 0.127 e. The van der Waals surface area contributed by atoms with Crippen molar-refractivity contribution in [2.45, 2.75) is 0 Å². The van der Waals surface area contributed by atoms with Gasteiger partial charge in [0.2, 0.25) is 0 Å². The van der Waals surface area contributed by atoms with Gasteiger partial charge in [0.15, 0.2) is 0 Å². The van der Waals surface area contributed by atoms with Crippen LogP contribution in [0.25, 0.3) is 11.6 Å². The van der Waals surface area contributed by atoms with Gasteiger partial charge in [-0.25, -0.2) is 0 Å². The molecule has 2 rings (SSSR count). The van der Waals surface area contributed by atoms with Gasteiger partial charge in [-0.15, -0.1) is 0 Å². The van der Waals surface area contributed by atoms with Crippen LogP contribution in [0.2, 0.25) is 0 Å². The molecule has 0 saturated carbocycles. The average Bonchev–Trinajstić information content (AvgIpc) is 2.89. The van der Waals surface area contributed by atoms with E-state index in [0.29, 0.717) is 22.5 Å². The number of allylic oxidation sites excluding steroid dienone is 1. The molecule has 2 aromatic rings. The van der Waals surface area contributed by atoms with Gasteiger partial charge in [0.05, 0.1) is 29.5 Å². The maximum Gasteiger partial charge on any atom is 0.127 e. The van der Waals surface area contributed by atoms with Crippen molar-refractivity contribution in [2.75, 3.05) is 0 Å². The lowest BCUT2D eigenvalue weighted by Crippen LogP contribution is -1.83. The highest BCUT2D eigenvalue weighted by Gasteiger charge is 2.03. The van der Waals surface area contributed by atoms with E-state index >= 15 is 0 Å². The van der Waals surface area contributed by atoms with Gasteiger partial charge in [-0.3, -0.25) is 0 Å². The Morgan fingerprint density at radius 1 is 1.18 bits per heavy atom. The van der Waals surface area contributed by atoms with Gasteiger partial charge in [0.1, 0.15) is 5.76 Å². The van der Waals surface area contributed by atoms with E-state index in [0.717, 1.165) is 0 Å². The normalized spacial score (nSPS) is 10.6. The van der Waals surface area contributed by atoms with Crippen LogP contribution in [0.15, 0.2) is 47.1 Å². The number of hydrogen-bond donors (Lipinski definition) is 0. The molecular formula is C14H8N2O. The lowest BCUT2D eigenvalue weighted by molar-refractivity contribution is 0.557. The third-order valence-corrected chi connectivity index (χ3v) is 2.25. The summed E-state index contributed by atoms with van der Waals surface area (Å²) in [5, 5.41) is 17.9. The second-order valence-corrected chi connectivity index (χ2v) is 3.38. The summed E-state index contributed by atoms with van der Waals surface area (Å²) in [6.45, 7) is 0. The van der Waals surface area contributed by atoms with E-state index in [1.807, 2.05) is 6.07 Å². The molecule has 0 bridgehead atoms. The quantitative estimate of drug-likeness (QED) is 0.730. The summed E-state index contributed by atoms with van der Waals surface area (Å²) in [5.74, 6) is 0.615. The predicted octanol–water partition coefficient (Wildman–Crippen LogP) is 3.22. The van der Waals surface area contributed by atoms with Gasteiger partial charge in [0, 0.05) is 0 Å². The summed E-state index contributed by atoms with van der Waals surface area (Å²) < 4.78 is 5.15. The first-order valence-corrected chi connectivity index (χ1v) is 4.99. The minimum absolute atomic E-state index is 0.469. The SMILES string of the molecule is N#C/C(=C\c1ccco1)c1cccc(C#N)c1. The molecule has 17 heavy (non-hydrogen) atoms. The maximum absolute atomic E-state index is 9.10. The topological polar surface area (TPSA) is 60.7 Å². The van der Waals surface area contributed by atoms with Crippen LogP contribution in [0.4, 0.5) is 0 Å². The van der Waals surface area contributed by atoms with Crippen molar-refractivity contribution in [3.63, 3.8) is 0 Å². The molecule has 1 aromatic carbocycles. The van der Waals surface area contributed by atoms with Crippen molar-refractivity contribution in [1.82, 2.24) is 0 Å². The van der Waals surface area contributed by atoms with Gasteiger partial charge >= 0.3 is 0 Å². The third kappa shape index (κ3) is 2.42. The van der Waals surface area contributed by atoms with E-state index in [2.05, 4.69) is 6.07 Å². The largest absolute Gasteiger partial charge is 0.465 e. The molecule has 0 spiro atoms. The molecule has 3 nitrogen and oxygen atoms in total. The van der Waals surface area contributed by atoms with E-state index in [1.165, 1.54) is 0 Å². The van der Waals surface area contributed by atoms with E-state index in [1.54, 1.807) is 48.7 Å². The second kappa shape index (κ2) is 4.83. The fraction of sp³-hybridized carbons (Fsp3) is 0. The number of nitriles is 2. The van der Waals surface area contributed by atoms with Crippen LogP contribution in [-0.2, 0) is 0 Å². The van der Waals surface area contributed by atoms with Crippen LogP contribution in [0.5, 0.6) is 0 Å². The lowest BCUT2D eigenvalue weighted by atomic mass is 10.0. The van der Waals surface area contributed by atoms with Crippen molar-refractivity contribution < 1.29 is 4.42 Å². The number of hydrogen-bond acceptors (Lipinski definition) is 3. The van der Waals surface area contributed by atoms with Gasteiger partial charge in [-0.1, -0.05) is 12.1 Å². The average molecular weight is 220 g/mol. The fourth-order valence-corrected chi connectivity index (χ4v) is 1.45. The lowest BCUT2D eigenvalue weighted by Gasteiger charge is -1.98. The molecule has 0 aliphatic heterocycles. The highest BCUT2D eigenvalue weighted by atomic mass is 16.3. The fourth-order valence-electron chi connectivity index (χ4n) is 1.45. The molecule has 0 aliphatic rings. The summed E-state index contributed by atoms with van der Waals surface area (Å²) in [4.78, 5) is 0. The molecule has 1 heterocycles. The predicted molar refractivity (Wildman–Crippen MR) is 63.3 cm³/mol. The summed E-state index contributed by atoms with van der Waals surface area (Å²) in [7, 11) is 0. The zero-order valence-corrected chi connectivity index (χ0v) is 8.92. The highest BCUT2D eigenvalue weighted by molar-refractivity contribution is 5.88. The zero-order valence-electron chi connectivity index (χ0n) is 8.92. The summed E-state index contributed by atoms with van der Waals surface area (Å²) >= 11 is 0. The molecule has 1 aromatic heterocycles. The first-order valence-electron chi connectivity index (χ1n) is 4.99. The van der Waals surface area contributed by atoms with E-state index < -0.39 is 0 Å². The third-order valence-electron chi connectivity index (χ3n) is 2.25. The van der Waals surface area contributed by atoms with Gasteiger partial charge < -0.3 is 4.42 Å². The number of rotatable bonds is 2. The van der Waals surface area contributed by atoms with Crippen molar-refractivity contribution in [1.29, 1.82) is 10.5 Å². The first-order chi connectivity index (χ1) is 8.33. The summed E-state index contributed by atoms with van der Waals surface area (Å²) in [6.07, 6.45) is 3.20. The molecule has 0 amide bonds. The zero-order chi connectivity index (χ0) is 12.1. The minimum Gasteiger partial charge on any atom is -0.465 e. The van der Waals surface area contributed by atoms with Gasteiger partial charge in [0.25, 0.3) is 0 Å². The van der Waals surface area contributed by atoms with Crippen LogP contribution in [0, 0.1) is 22.7 Å². The molecule has 0 fully saturated rings. The molecule has 3 heteroatoms. The minimum atomic E-state index is 0.469. The standard InChI is InChI=1S/C14H8N2O/c15-9-11-3-1-4-12(7-11)13(10-16)8-14-5-2-6-17-14/h1-8H/b13-8+. The Bertz CT molecular complexity index is 625. The Kier molecular flexibility index (Phi) is 3.05. The van der Waals surface area contributed by atoms with Crippen molar-refractivity contribution in [3.05, 3.63) is 59.5 Å². The monoisotopic (exact) mass is 220 g/mol. The van der Waals surface area contributed by atoms with Crippen LogP contribution in [0.1, 0.15) is 16.9 Å². The van der Waals surface area contributed by atoms with Crippen molar-refractivity contribution >= 4 is 11.6 Å². The van der Waals surface area contributed by atoms with Gasteiger partial charge in [-0.05, 0) is 35.9 Å². The molecule has 0 saturated heterocycles. The second-order valence-electron chi connectivity index (χ2n) is 3.38. The van der Waals surface area contributed by atoms with E-state index in [4.69, 9.17) is 14.9 Å². The number of benzene rings is 1. The van der Waals surface area contributed by atoms with Crippen molar-refractivity contribution in [2.24, 2.45) is 0 Å². The Labute approximate surface area is 98.8 Å². The Balaban J connectivity index is 2.44. The molecule has 0 unspecified atom stereocenters. The molecule has 0 N–H and O–H groups in total. The number of nitrogens with zero attached hydrogens (tertiary/aromatic N) is 2. The number of furan rings is 1. The Morgan fingerprint density at radius 2 is 2.06 bits per heavy atom. The first kappa shape index (κ1) is 10.7. The van der Waals surface area contributed by atoms with Crippen LogP contribution in [-0.4, -0.2) is 0 Å². The van der Waals surface area contributed by atoms with Crippen LogP contribution < -0.4 is 0 Å². The summed E-state index contributed by atoms with van der Waals surface area (Å²) in [5.41, 5.74) is 1.71. The molecular weight excluding hydrogens is 212 g/mol.